The Morgan fingerprint density at radius 2 is 0.737 bits per heavy atom. The van der Waals surface area contributed by atoms with Crippen LogP contribution in [0.1, 0.15) is 41.4 Å². The van der Waals surface area contributed by atoms with Gasteiger partial charge in [0.05, 0.1) is 11.1 Å². The lowest BCUT2D eigenvalue weighted by atomic mass is 9.78. The Morgan fingerprint density at radius 3 is 1.16 bits per heavy atom. The molecule has 0 radical (unpaired) electrons. The van der Waals surface area contributed by atoms with Crippen LogP contribution in [-0.2, 0) is 0 Å². The summed E-state index contributed by atoms with van der Waals surface area (Å²) in [6.45, 7) is 0. The fourth-order valence-corrected chi connectivity index (χ4v) is 6.91. The maximum atomic E-state index is 13.3. The minimum Gasteiger partial charge on any atom is -0.288 e. The molecule has 0 bridgehead atoms. The van der Waals surface area contributed by atoms with Crippen LogP contribution < -0.4 is 10.6 Å². The van der Waals surface area contributed by atoms with E-state index >= 15 is 0 Å². The Labute approximate surface area is 213 Å². The highest BCUT2D eigenvalue weighted by molar-refractivity contribution is 6.49. The van der Waals surface area contributed by atoms with Gasteiger partial charge < -0.3 is 0 Å². The van der Waals surface area contributed by atoms with E-state index in [0.717, 1.165) is 53.9 Å². The maximum Gasteiger partial charge on any atom is 0.259 e. The van der Waals surface area contributed by atoms with Crippen molar-refractivity contribution in [1.82, 2.24) is 10.6 Å². The summed E-state index contributed by atoms with van der Waals surface area (Å²) in [5.74, 6) is -1.66. The molecule has 2 aliphatic heterocycles. The second-order valence-electron chi connectivity index (χ2n) is 9.98. The largest absolute Gasteiger partial charge is 0.288 e. The average Bonchev–Trinajstić information content (AvgIpc) is 2.92. The Bertz CT molecular complexity index is 2200. The summed E-state index contributed by atoms with van der Waals surface area (Å²) >= 11 is 0. The summed E-state index contributed by atoms with van der Waals surface area (Å²) in [7, 11) is 0. The molecule has 0 spiro atoms. The molecular formula is C32H14N2O4. The number of amides is 4. The molecule has 9 rings (SSSR count). The number of carbonyl (C=O) groups is 4. The summed E-state index contributed by atoms with van der Waals surface area (Å²) < 4.78 is 0. The highest BCUT2D eigenvalue weighted by atomic mass is 16.2. The van der Waals surface area contributed by atoms with Crippen molar-refractivity contribution in [2.24, 2.45) is 0 Å². The first kappa shape index (κ1) is 19.8. The molecule has 0 aromatic heterocycles. The van der Waals surface area contributed by atoms with Gasteiger partial charge >= 0.3 is 0 Å². The molecule has 7 aromatic rings. The standard InChI is InChI=1S/C32H14N2O4/c35-29-19-12-10-18-22-14-6-2-4-8-16(14)28-26-20(30(36)34-32(28)38)11-9-17(24(22)26)21-13-5-1-3-7-15(13)27(31(37)33-29)25(19)23(18)21/h1-12H,(H,33,35,37)(H,34,36,38). The number of hydrogen-bond acceptors (Lipinski definition) is 4. The van der Waals surface area contributed by atoms with Crippen molar-refractivity contribution in [3.05, 3.63) is 95.1 Å². The van der Waals surface area contributed by atoms with Gasteiger partial charge in [0, 0.05) is 21.9 Å². The fraction of sp³-hybridized carbons (Fsp3) is 0. The Kier molecular flexibility index (Phi) is 3.28. The van der Waals surface area contributed by atoms with Gasteiger partial charge in [-0.25, -0.2) is 0 Å². The molecule has 2 heterocycles. The monoisotopic (exact) mass is 490 g/mol. The number of rotatable bonds is 0. The van der Waals surface area contributed by atoms with Crippen LogP contribution in [0, 0.1) is 0 Å². The van der Waals surface area contributed by atoms with E-state index in [1.165, 1.54) is 0 Å². The van der Waals surface area contributed by atoms with E-state index in [9.17, 15) is 19.2 Å². The average molecular weight is 490 g/mol. The molecule has 38 heavy (non-hydrogen) atoms. The lowest BCUT2D eigenvalue weighted by Gasteiger charge is -2.26. The molecule has 6 heteroatoms. The van der Waals surface area contributed by atoms with Crippen LogP contribution in [0.5, 0.6) is 0 Å². The summed E-state index contributed by atoms with van der Waals surface area (Å²) in [5, 5.41) is 14.8. The molecule has 7 aromatic carbocycles. The van der Waals surface area contributed by atoms with Crippen LogP contribution in [0.15, 0.2) is 72.8 Å². The Balaban J connectivity index is 1.74. The van der Waals surface area contributed by atoms with E-state index < -0.39 is 23.6 Å². The van der Waals surface area contributed by atoms with Crippen LogP contribution in [-0.4, -0.2) is 23.6 Å². The molecule has 6 nitrogen and oxygen atoms in total. The second-order valence-corrected chi connectivity index (χ2v) is 9.98. The fourth-order valence-electron chi connectivity index (χ4n) is 6.91. The van der Waals surface area contributed by atoms with Crippen LogP contribution >= 0.6 is 0 Å². The third kappa shape index (κ3) is 2.05. The van der Waals surface area contributed by atoms with Crippen LogP contribution in [0.2, 0.25) is 0 Å². The number of nitrogens with one attached hydrogen (secondary N) is 2. The van der Waals surface area contributed by atoms with Crippen LogP contribution in [0.3, 0.4) is 0 Å². The highest BCUT2D eigenvalue weighted by Crippen LogP contribution is 2.50. The van der Waals surface area contributed by atoms with Gasteiger partial charge in [-0.2, -0.15) is 0 Å². The van der Waals surface area contributed by atoms with Crippen molar-refractivity contribution in [1.29, 1.82) is 0 Å². The van der Waals surface area contributed by atoms with Gasteiger partial charge in [0.1, 0.15) is 0 Å². The molecular weight excluding hydrogens is 476 g/mol. The van der Waals surface area contributed by atoms with E-state index in [1.54, 1.807) is 12.1 Å². The normalized spacial score (nSPS) is 14.9. The van der Waals surface area contributed by atoms with Gasteiger partial charge in [0.15, 0.2) is 0 Å². The van der Waals surface area contributed by atoms with E-state index in [1.807, 2.05) is 60.7 Å². The summed E-state index contributed by atoms with van der Waals surface area (Å²) in [6, 6.07) is 22.8. The predicted octanol–water partition coefficient (Wildman–Crippen LogP) is 5.81. The molecule has 0 unspecified atom stereocenters. The lowest BCUT2D eigenvalue weighted by molar-refractivity contribution is 0.0829. The maximum absolute atomic E-state index is 13.3. The molecule has 0 saturated carbocycles. The smallest absolute Gasteiger partial charge is 0.259 e. The topological polar surface area (TPSA) is 92.3 Å². The minimum atomic E-state index is -0.418. The van der Waals surface area contributed by atoms with Crippen LogP contribution in [0.25, 0.3) is 64.6 Å². The Morgan fingerprint density at radius 1 is 0.342 bits per heavy atom. The molecule has 2 aliphatic rings. The van der Waals surface area contributed by atoms with Gasteiger partial charge in [-0.1, -0.05) is 60.7 Å². The third-order valence-corrected chi connectivity index (χ3v) is 8.28. The van der Waals surface area contributed by atoms with Gasteiger partial charge in [-0.3, -0.25) is 29.8 Å². The lowest BCUT2D eigenvalue weighted by Crippen LogP contribution is -2.35. The zero-order chi connectivity index (χ0) is 25.4. The summed E-state index contributed by atoms with van der Waals surface area (Å²) in [4.78, 5) is 52.5. The third-order valence-electron chi connectivity index (χ3n) is 8.28. The van der Waals surface area contributed by atoms with Gasteiger partial charge in [0.25, 0.3) is 23.6 Å². The molecule has 0 saturated heterocycles. The zero-order valence-corrected chi connectivity index (χ0v) is 19.6. The van der Waals surface area contributed by atoms with Crippen molar-refractivity contribution in [2.45, 2.75) is 0 Å². The molecule has 0 aliphatic carbocycles. The summed E-state index contributed by atoms with van der Waals surface area (Å²) in [5.41, 5.74) is 1.89. The molecule has 176 valence electrons. The zero-order valence-electron chi connectivity index (χ0n) is 19.6. The molecule has 0 atom stereocenters. The quantitative estimate of drug-likeness (QED) is 0.159. The van der Waals surface area contributed by atoms with Gasteiger partial charge in [0.2, 0.25) is 0 Å². The van der Waals surface area contributed by atoms with Gasteiger partial charge in [-0.05, 0) is 66.0 Å². The van der Waals surface area contributed by atoms with Crippen LogP contribution in [0.4, 0.5) is 0 Å². The van der Waals surface area contributed by atoms with E-state index in [2.05, 4.69) is 10.6 Å². The van der Waals surface area contributed by atoms with E-state index in [4.69, 9.17) is 0 Å². The first-order valence-corrected chi connectivity index (χ1v) is 12.3. The predicted molar refractivity (Wildman–Crippen MR) is 146 cm³/mol. The Hall–Kier alpha value is -5.36. The van der Waals surface area contributed by atoms with Crippen molar-refractivity contribution < 1.29 is 19.2 Å². The first-order valence-electron chi connectivity index (χ1n) is 12.3. The highest BCUT2D eigenvalue weighted by Gasteiger charge is 2.33. The second kappa shape index (κ2) is 6.30. The summed E-state index contributed by atoms with van der Waals surface area (Å²) in [6.07, 6.45) is 0. The minimum absolute atomic E-state index is 0.412. The number of imide groups is 2. The van der Waals surface area contributed by atoms with Crippen molar-refractivity contribution in [3.63, 3.8) is 0 Å². The van der Waals surface area contributed by atoms with Crippen molar-refractivity contribution in [2.75, 3.05) is 0 Å². The van der Waals surface area contributed by atoms with Gasteiger partial charge in [-0.15, -0.1) is 0 Å². The number of carbonyl (C=O) groups excluding carboxylic acids is 4. The number of fused-ring (bicyclic) bond motifs is 8. The SMILES string of the molecule is O=C1NC(=O)c2c3ccccc3c3c4ccc5c6c(c7ccccc7c(c7ccc1c2c73)c64)C(=O)NC5=O. The molecule has 4 amide bonds. The van der Waals surface area contributed by atoms with Crippen molar-refractivity contribution in [3.8, 4) is 0 Å². The number of benzene rings is 7. The first-order chi connectivity index (χ1) is 18.5. The van der Waals surface area contributed by atoms with E-state index in [0.29, 0.717) is 33.0 Å². The molecule has 2 N–H and O–H groups in total. The van der Waals surface area contributed by atoms with Crippen molar-refractivity contribution >= 4 is 88.3 Å². The van der Waals surface area contributed by atoms with E-state index in [-0.39, 0.29) is 0 Å². The number of hydrogen-bond donors (Lipinski definition) is 2. The molecule has 0 fully saturated rings.